The molecule has 1 fully saturated rings. The maximum Gasteiger partial charge on any atom is 0.131 e. The maximum atomic E-state index is 4.50. The number of nitrogens with one attached hydrogen (secondary N) is 1. The molecule has 1 aliphatic rings. The van der Waals surface area contributed by atoms with Gasteiger partial charge in [-0.2, -0.15) is 0 Å². The fraction of sp³-hybridized carbons (Fsp3) is 0.667. The van der Waals surface area contributed by atoms with Crippen molar-refractivity contribution in [2.75, 3.05) is 5.32 Å². The number of aromatic nitrogens is 2. The molecule has 1 aromatic heterocycles. The minimum absolute atomic E-state index is 0.575. The molecule has 0 bridgehead atoms. The molecule has 2 atom stereocenters. The maximum absolute atomic E-state index is 4.50. The van der Waals surface area contributed by atoms with E-state index in [0.29, 0.717) is 6.04 Å². The van der Waals surface area contributed by atoms with E-state index in [1.54, 1.807) is 0 Å². The predicted molar refractivity (Wildman–Crippen MR) is 69.5 cm³/mol. The molecule has 16 heavy (non-hydrogen) atoms. The number of halogens is 1. The summed E-state index contributed by atoms with van der Waals surface area (Å²) in [5, 5.41) is 3.53. The second kappa shape index (κ2) is 5.13. The minimum Gasteiger partial charge on any atom is -0.367 e. The van der Waals surface area contributed by atoms with Gasteiger partial charge in [0.25, 0.3) is 0 Å². The molecule has 2 unspecified atom stereocenters. The average Bonchev–Trinajstić information content (AvgIpc) is 2.63. The van der Waals surface area contributed by atoms with E-state index < -0.39 is 0 Å². The summed E-state index contributed by atoms with van der Waals surface area (Å²) < 4.78 is 0.868. The summed E-state index contributed by atoms with van der Waals surface area (Å²) in [6, 6.07) is 2.54. The van der Waals surface area contributed by atoms with Crippen LogP contribution in [0.15, 0.2) is 10.7 Å². The van der Waals surface area contributed by atoms with Crippen molar-refractivity contribution in [3.05, 3.63) is 16.5 Å². The first kappa shape index (κ1) is 11.8. The van der Waals surface area contributed by atoms with Crippen LogP contribution in [0.25, 0.3) is 0 Å². The van der Waals surface area contributed by atoms with Crippen LogP contribution in [0.4, 0.5) is 5.82 Å². The number of aryl methyl sites for hydroxylation is 1. The highest BCUT2D eigenvalue weighted by Crippen LogP contribution is 2.27. The molecule has 1 heterocycles. The molecule has 0 amide bonds. The Kier molecular flexibility index (Phi) is 3.79. The Labute approximate surface area is 105 Å². The van der Waals surface area contributed by atoms with Crippen molar-refractivity contribution in [3.63, 3.8) is 0 Å². The van der Waals surface area contributed by atoms with Gasteiger partial charge < -0.3 is 5.32 Å². The molecule has 0 aliphatic heterocycles. The molecule has 0 saturated heterocycles. The van der Waals surface area contributed by atoms with Crippen LogP contribution < -0.4 is 5.32 Å². The van der Waals surface area contributed by atoms with E-state index in [9.17, 15) is 0 Å². The number of anilines is 1. The third-order valence-corrected chi connectivity index (χ3v) is 3.66. The Hall–Kier alpha value is -0.640. The Balaban J connectivity index is 2.11. The molecule has 1 saturated carbocycles. The fourth-order valence-electron chi connectivity index (χ4n) is 2.25. The summed E-state index contributed by atoms with van der Waals surface area (Å²) in [6.07, 6.45) is 4.77. The second-order valence-electron chi connectivity index (χ2n) is 4.50. The van der Waals surface area contributed by atoms with E-state index in [2.05, 4.69) is 45.1 Å². The van der Waals surface area contributed by atoms with E-state index >= 15 is 0 Å². The van der Waals surface area contributed by atoms with Crippen LogP contribution in [0.2, 0.25) is 0 Å². The number of rotatable bonds is 3. The van der Waals surface area contributed by atoms with E-state index in [1.807, 2.05) is 6.07 Å². The highest BCUT2D eigenvalue weighted by molar-refractivity contribution is 9.10. The molecule has 3 nitrogen and oxygen atoms in total. The lowest BCUT2D eigenvalue weighted by molar-refractivity contribution is 0.554. The third-order valence-electron chi connectivity index (χ3n) is 3.25. The van der Waals surface area contributed by atoms with Crippen LogP contribution >= 0.6 is 15.9 Å². The van der Waals surface area contributed by atoms with Crippen LogP contribution in [0.1, 0.15) is 38.9 Å². The van der Waals surface area contributed by atoms with Gasteiger partial charge in [0.05, 0.1) is 0 Å². The van der Waals surface area contributed by atoms with Gasteiger partial charge in [0.1, 0.15) is 16.2 Å². The Morgan fingerprint density at radius 1 is 1.44 bits per heavy atom. The zero-order chi connectivity index (χ0) is 11.5. The SMILES string of the molecule is CCc1nc(Br)cc(NC2CCCC2C)n1. The molecule has 88 valence electrons. The highest BCUT2D eigenvalue weighted by atomic mass is 79.9. The summed E-state index contributed by atoms with van der Waals surface area (Å²) in [7, 11) is 0. The number of nitrogens with zero attached hydrogens (tertiary/aromatic N) is 2. The fourth-order valence-corrected chi connectivity index (χ4v) is 2.67. The predicted octanol–water partition coefficient (Wildman–Crippen LogP) is 3.40. The van der Waals surface area contributed by atoms with Gasteiger partial charge in [-0.05, 0) is 34.7 Å². The Morgan fingerprint density at radius 2 is 2.25 bits per heavy atom. The second-order valence-corrected chi connectivity index (χ2v) is 5.32. The third kappa shape index (κ3) is 2.73. The quantitative estimate of drug-likeness (QED) is 0.864. The van der Waals surface area contributed by atoms with Crippen LogP contribution in [0.5, 0.6) is 0 Å². The lowest BCUT2D eigenvalue weighted by atomic mass is 10.1. The van der Waals surface area contributed by atoms with Gasteiger partial charge in [-0.15, -0.1) is 0 Å². The smallest absolute Gasteiger partial charge is 0.131 e. The van der Waals surface area contributed by atoms with Crippen LogP contribution in [0, 0.1) is 5.92 Å². The van der Waals surface area contributed by atoms with Crippen LogP contribution in [-0.2, 0) is 6.42 Å². The van der Waals surface area contributed by atoms with E-state index in [4.69, 9.17) is 0 Å². The topological polar surface area (TPSA) is 37.8 Å². The van der Waals surface area contributed by atoms with Crippen molar-refractivity contribution in [3.8, 4) is 0 Å². The van der Waals surface area contributed by atoms with Gasteiger partial charge in [0.15, 0.2) is 0 Å². The van der Waals surface area contributed by atoms with Gasteiger partial charge in [0.2, 0.25) is 0 Å². The minimum atomic E-state index is 0.575. The molecule has 1 N–H and O–H groups in total. The molecule has 1 aromatic rings. The standard InChI is InChI=1S/C12H18BrN3/c1-3-11-15-10(13)7-12(16-11)14-9-6-4-5-8(9)2/h7-9H,3-6H2,1-2H3,(H,14,15,16). The summed E-state index contributed by atoms with van der Waals surface area (Å²) in [5.41, 5.74) is 0. The van der Waals surface area contributed by atoms with Gasteiger partial charge in [-0.3, -0.25) is 0 Å². The Morgan fingerprint density at radius 3 is 2.88 bits per heavy atom. The molecule has 1 aliphatic carbocycles. The molecular formula is C12H18BrN3. The Bertz CT molecular complexity index is 367. The van der Waals surface area contributed by atoms with Gasteiger partial charge >= 0.3 is 0 Å². The van der Waals surface area contributed by atoms with E-state index in [-0.39, 0.29) is 0 Å². The first-order valence-electron chi connectivity index (χ1n) is 5.99. The number of hydrogen-bond acceptors (Lipinski definition) is 3. The summed E-state index contributed by atoms with van der Waals surface area (Å²) >= 11 is 3.43. The molecule has 2 rings (SSSR count). The van der Waals surface area contributed by atoms with Crippen LogP contribution in [0.3, 0.4) is 0 Å². The zero-order valence-electron chi connectivity index (χ0n) is 9.83. The molecule has 0 spiro atoms. The normalized spacial score (nSPS) is 24.7. The lowest BCUT2D eigenvalue weighted by Crippen LogP contribution is -2.22. The highest BCUT2D eigenvalue weighted by Gasteiger charge is 2.23. The molecule has 4 heteroatoms. The zero-order valence-corrected chi connectivity index (χ0v) is 11.4. The first-order valence-corrected chi connectivity index (χ1v) is 6.78. The summed E-state index contributed by atoms with van der Waals surface area (Å²) in [4.78, 5) is 8.81. The van der Waals surface area contributed by atoms with E-state index in [1.165, 1.54) is 19.3 Å². The van der Waals surface area contributed by atoms with Gasteiger partial charge in [-0.1, -0.05) is 20.3 Å². The molecule has 0 radical (unpaired) electrons. The van der Waals surface area contributed by atoms with Crippen molar-refractivity contribution in [1.29, 1.82) is 0 Å². The molecule has 0 aromatic carbocycles. The van der Waals surface area contributed by atoms with Crippen molar-refractivity contribution < 1.29 is 0 Å². The van der Waals surface area contributed by atoms with Crippen molar-refractivity contribution in [2.45, 2.75) is 45.6 Å². The van der Waals surface area contributed by atoms with Gasteiger partial charge in [-0.25, -0.2) is 9.97 Å². The van der Waals surface area contributed by atoms with Crippen LogP contribution in [-0.4, -0.2) is 16.0 Å². The van der Waals surface area contributed by atoms with Gasteiger partial charge in [0, 0.05) is 18.5 Å². The lowest BCUT2D eigenvalue weighted by Gasteiger charge is -2.18. The summed E-state index contributed by atoms with van der Waals surface area (Å²) in [5.74, 6) is 2.60. The number of hydrogen-bond donors (Lipinski definition) is 1. The van der Waals surface area contributed by atoms with Crippen molar-refractivity contribution >= 4 is 21.7 Å². The largest absolute Gasteiger partial charge is 0.367 e. The summed E-state index contributed by atoms with van der Waals surface area (Å²) in [6.45, 7) is 4.38. The van der Waals surface area contributed by atoms with Crippen molar-refractivity contribution in [1.82, 2.24) is 9.97 Å². The molecular weight excluding hydrogens is 266 g/mol. The van der Waals surface area contributed by atoms with E-state index in [0.717, 1.165) is 28.6 Å². The average molecular weight is 284 g/mol. The monoisotopic (exact) mass is 283 g/mol. The first-order chi connectivity index (χ1) is 7.69. The van der Waals surface area contributed by atoms with Crippen molar-refractivity contribution in [2.24, 2.45) is 5.92 Å².